The number of nitrogens with zero attached hydrogens (tertiary/aromatic N) is 1. The molecule has 3 rings (SSSR count). The van der Waals surface area contributed by atoms with Crippen molar-refractivity contribution >= 4 is 11.7 Å². The summed E-state index contributed by atoms with van der Waals surface area (Å²) in [5.74, 6) is -0.590. The predicted octanol–water partition coefficient (Wildman–Crippen LogP) is 4.56. The average Bonchev–Trinajstić information content (AvgIpc) is 3.10. The lowest BCUT2D eigenvalue weighted by molar-refractivity contribution is -0.386. The van der Waals surface area contributed by atoms with Gasteiger partial charge in [0, 0.05) is 12.1 Å². The summed E-state index contributed by atoms with van der Waals surface area (Å²) in [5, 5.41) is 20.5. The molecular weight excluding hydrogens is 310 g/mol. The molecule has 2 saturated carbocycles. The average molecular weight is 333 g/mol. The van der Waals surface area contributed by atoms with E-state index in [2.05, 4.69) is 0 Å². The molecule has 0 aliphatic heterocycles. The van der Waals surface area contributed by atoms with Crippen molar-refractivity contribution in [3.63, 3.8) is 0 Å². The summed E-state index contributed by atoms with van der Waals surface area (Å²) < 4.78 is 6.31. The van der Waals surface area contributed by atoms with Gasteiger partial charge >= 0.3 is 11.7 Å². The molecule has 0 aromatic heterocycles. The van der Waals surface area contributed by atoms with Gasteiger partial charge in [-0.2, -0.15) is 0 Å². The number of ether oxygens (including phenoxy) is 1. The van der Waals surface area contributed by atoms with E-state index in [4.69, 9.17) is 4.74 Å². The van der Waals surface area contributed by atoms with E-state index in [1.165, 1.54) is 31.0 Å². The number of carbonyl (C=O) groups is 1. The first-order chi connectivity index (χ1) is 11.5. The van der Waals surface area contributed by atoms with Gasteiger partial charge < -0.3 is 9.84 Å². The highest BCUT2D eigenvalue weighted by Gasteiger charge is 2.44. The number of hydrogen-bond donors (Lipinski definition) is 1. The van der Waals surface area contributed by atoms with Crippen LogP contribution in [-0.2, 0) is 0 Å². The first kappa shape index (κ1) is 16.7. The van der Waals surface area contributed by atoms with Gasteiger partial charge in [-0.25, -0.2) is 4.79 Å². The zero-order valence-corrected chi connectivity index (χ0v) is 13.7. The van der Waals surface area contributed by atoms with Crippen molar-refractivity contribution in [1.29, 1.82) is 0 Å². The maximum absolute atomic E-state index is 11.3. The Kier molecular flexibility index (Phi) is 4.73. The Morgan fingerprint density at radius 2 is 1.83 bits per heavy atom. The number of aromatic carboxylic acids is 1. The Hall–Kier alpha value is -2.11. The Morgan fingerprint density at radius 3 is 2.42 bits per heavy atom. The van der Waals surface area contributed by atoms with Crippen LogP contribution in [0.1, 0.15) is 68.1 Å². The minimum Gasteiger partial charge on any atom is -0.480 e. The van der Waals surface area contributed by atoms with Gasteiger partial charge in [0.05, 0.1) is 10.5 Å². The highest BCUT2D eigenvalue weighted by atomic mass is 16.6. The Labute approximate surface area is 141 Å². The molecule has 0 unspecified atom stereocenters. The number of nitro benzene ring substituents is 1. The summed E-state index contributed by atoms with van der Waals surface area (Å²) in [7, 11) is 0. The van der Waals surface area contributed by atoms with Crippen molar-refractivity contribution in [3.8, 4) is 5.75 Å². The van der Waals surface area contributed by atoms with Crippen LogP contribution in [0.4, 0.5) is 5.69 Å². The van der Waals surface area contributed by atoms with Crippen molar-refractivity contribution in [3.05, 3.63) is 33.9 Å². The van der Waals surface area contributed by atoms with Gasteiger partial charge in [-0.3, -0.25) is 10.1 Å². The molecule has 0 heterocycles. The van der Waals surface area contributed by atoms with Crippen LogP contribution >= 0.6 is 0 Å². The van der Waals surface area contributed by atoms with Gasteiger partial charge in [-0.1, -0.05) is 19.3 Å². The number of nitro groups is 1. The number of benzene rings is 1. The molecule has 6 nitrogen and oxygen atoms in total. The molecule has 0 atom stereocenters. The molecule has 2 aliphatic rings. The largest absolute Gasteiger partial charge is 0.480 e. The topological polar surface area (TPSA) is 89.7 Å². The molecule has 0 amide bonds. The maximum Gasteiger partial charge on any atom is 0.335 e. The van der Waals surface area contributed by atoms with Gasteiger partial charge in [0.1, 0.15) is 5.60 Å². The molecule has 6 heteroatoms. The zero-order chi connectivity index (χ0) is 17.2. The number of carboxylic acid groups (broad SMARTS) is 1. The van der Waals surface area contributed by atoms with E-state index in [9.17, 15) is 20.0 Å². The summed E-state index contributed by atoms with van der Waals surface area (Å²) >= 11 is 0. The van der Waals surface area contributed by atoms with Crippen molar-refractivity contribution in [2.75, 3.05) is 0 Å². The first-order valence-electron chi connectivity index (χ1n) is 8.73. The van der Waals surface area contributed by atoms with E-state index >= 15 is 0 Å². The molecule has 130 valence electrons. The maximum atomic E-state index is 11.3. The second-order valence-electron chi connectivity index (χ2n) is 6.95. The van der Waals surface area contributed by atoms with Gasteiger partial charge in [0.25, 0.3) is 0 Å². The van der Waals surface area contributed by atoms with Crippen LogP contribution in [0.5, 0.6) is 5.75 Å². The summed E-state index contributed by atoms with van der Waals surface area (Å²) in [6, 6.07) is 3.81. The minimum atomic E-state index is -1.10. The molecule has 1 aromatic rings. The fourth-order valence-corrected chi connectivity index (χ4v) is 4.29. The Balaban J connectivity index is 1.97. The smallest absolute Gasteiger partial charge is 0.335 e. The van der Waals surface area contributed by atoms with E-state index < -0.39 is 10.9 Å². The highest BCUT2D eigenvalue weighted by molar-refractivity contribution is 5.88. The van der Waals surface area contributed by atoms with E-state index in [1.807, 2.05) is 0 Å². The van der Waals surface area contributed by atoms with Crippen molar-refractivity contribution < 1.29 is 19.6 Å². The fourth-order valence-electron chi connectivity index (χ4n) is 4.29. The van der Waals surface area contributed by atoms with Crippen LogP contribution in [0, 0.1) is 16.0 Å². The minimum absolute atomic E-state index is 0.0213. The molecule has 1 N–H and O–H groups in total. The lowest BCUT2D eigenvalue weighted by Gasteiger charge is -2.42. The normalized spacial score (nSPS) is 20.7. The van der Waals surface area contributed by atoms with Gasteiger partial charge in [0.15, 0.2) is 5.75 Å². The third kappa shape index (κ3) is 3.23. The van der Waals surface area contributed by atoms with E-state index in [0.29, 0.717) is 5.92 Å². The van der Waals surface area contributed by atoms with Gasteiger partial charge in [-0.05, 0) is 50.5 Å². The summed E-state index contributed by atoms with van der Waals surface area (Å²) in [6.45, 7) is 0. The van der Waals surface area contributed by atoms with Gasteiger partial charge in [-0.15, -0.1) is 0 Å². The third-order valence-corrected chi connectivity index (χ3v) is 5.52. The Morgan fingerprint density at radius 1 is 1.17 bits per heavy atom. The second-order valence-corrected chi connectivity index (χ2v) is 6.95. The molecule has 2 aliphatic carbocycles. The highest BCUT2D eigenvalue weighted by Crippen LogP contribution is 2.46. The molecule has 0 saturated heterocycles. The van der Waals surface area contributed by atoms with Crippen LogP contribution in [0.2, 0.25) is 0 Å². The first-order valence-corrected chi connectivity index (χ1v) is 8.73. The summed E-state index contributed by atoms with van der Waals surface area (Å²) in [6.07, 6.45) is 9.60. The summed E-state index contributed by atoms with van der Waals surface area (Å²) in [5.41, 5.74) is -0.507. The quantitative estimate of drug-likeness (QED) is 0.630. The number of carboxylic acids is 1. The van der Waals surface area contributed by atoms with Gasteiger partial charge in [0.2, 0.25) is 0 Å². The molecule has 0 radical (unpaired) electrons. The molecule has 2 fully saturated rings. The molecular formula is C18H23NO5. The van der Waals surface area contributed by atoms with Crippen molar-refractivity contribution in [1.82, 2.24) is 0 Å². The second kappa shape index (κ2) is 6.79. The Bertz CT molecular complexity index is 630. The van der Waals surface area contributed by atoms with Crippen molar-refractivity contribution in [2.45, 2.75) is 63.4 Å². The monoisotopic (exact) mass is 333 g/mol. The molecule has 0 spiro atoms. The third-order valence-electron chi connectivity index (χ3n) is 5.52. The standard InChI is InChI=1S/C18H23NO5/c20-17(21)13-8-9-15(19(22)23)16(12-13)24-18(10-4-1-5-11-18)14-6-2-3-7-14/h8-9,12,14H,1-7,10-11H2,(H,20,21). The van der Waals surface area contributed by atoms with Crippen LogP contribution in [0.25, 0.3) is 0 Å². The van der Waals surface area contributed by atoms with E-state index in [-0.39, 0.29) is 22.6 Å². The van der Waals surface area contributed by atoms with Crippen LogP contribution in [0.15, 0.2) is 18.2 Å². The molecule has 0 bridgehead atoms. The number of rotatable bonds is 5. The SMILES string of the molecule is O=C(O)c1ccc([N+](=O)[O-])c(OC2(C3CCCC3)CCCCC2)c1. The van der Waals surface area contributed by atoms with Crippen molar-refractivity contribution in [2.24, 2.45) is 5.92 Å². The fraction of sp³-hybridized carbons (Fsp3) is 0.611. The lowest BCUT2D eigenvalue weighted by Crippen LogP contribution is -2.44. The van der Waals surface area contributed by atoms with E-state index in [0.717, 1.165) is 44.9 Å². The van der Waals surface area contributed by atoms with E-state index in [1.54, 1.807) is 0 Å². The van der Waals surface area contributed by atoms with Crippen LogP contribution in [0.3, 0.4) is 0 Å². The molecule has 24 heavy (non-hydrogen) atoms. The lowest BCUT2D eigenvalue weighted by atomic mass is 9.74. The predicted molar refractivity (Wildman–Crippen MR) is 88.5 cm³/mol. The summed E-state index contributed by atoms with van der Waals surface area (Å²) in [4.78, 5) is 22.1. The van der Waals surface area contributed by atoms with Crippen LogP contribution < -0.4 is 4.74 Å². The molecule has 1 aromatic carbocycles. The zero-order valence-electron chi connectivity index (χ0n) is 13.7. The van der Waals surface area contributed by atoms with Crippen LogP contribution in [-0.4, -0.2) is 21.6 Å². The number of hydrogen-bond acceptors (Lipinski definition) is 4.